The molecule has 2 N–H and O–H groups in total. The Morgan fingerprint density at radius 3 is 2.14 bits per heavy atom. The van der Waals surface area contributed by atoms with Crippen LogP contribution in [0.1, 0.15) is 15.9 Å². The van der Waals surface area contributed by atoms with Gasteiger partial charge in [-0.05, 0) is 29.8 Å². The summed E-state index contributed by atoms with van der Waals surface area (Å²) in [5.41, 5.74) is 7.22. The van der Waals surface area contributed by atoms with E-state index < -0.39 is 0 Å². The van der Waals surface area contributed by atoms with Crippen LogP contribution in [0.3, 0.4) is 0 Å². The molecule has 2 aromatic carbocycles. The van der Waals surface area contributed by atoms with E-state index in [2.05, 4.69) is 10.9 Å². The molecule has 114 valence electrons. The third-order valence-corrected chi connectivity index (χ3v) is 3.17. The fraction of sp³-hybridized carbons (Fsp3) is 0.176. The standard InChI is InChI=1S/C17H19N3O2/c1-20(2)15-10-8-14(9-11-15)17(22)19-18-16(21)12-13-6-4-3-5-7-13/h3-11H,12H2,1-2H3,(H,18,21)(H,19,22). The Labute approximate surface area is 129 Å². The molecule has 0 saturated heterocycles. The highest BCUT2D eigenvalue weighted by Crippen LogP contribution is 2.11. The molecule has 0 heterocycles. The Bertz CT molecular complexity index is 637. The second kappa shape index (κ2) is 7.26. The zero-order valence-corrected chi connectivity index (χ0v) is 12.7. The van der Waals surface area contributed by atoms with Gasteiger partial charge in [0.1, 0.15) is 0 Å². The van der Waals surface area contributed by atoms with E-state index in [1.54, 1.807) is 12.1 Å². The highest BCUT2D eigenvalue weighted by atomic mass is 16.2. The maximum absolute atomic E-state index is 11.9. The Kier molecular flexibility index (Phi) is 5.14. The number of amides is 2. The van der Waals surface area contributed by atoms with Gasteiger partial charge in [0.25, 0.3) is 5.91 Å². The van der Waals surface area contributed by atoms with Crippen molar-refractivity contribution < 1.29 is 9.59 Å². The predicted octanol–water partition coefficient (Wildman–Crippen LogP) is 1.76. The number of hydrogen-bond donors (Lipinski definition) is 2. The molecule has 0 aliphatic carbocycles. The Morgan fingerprint density at radius 2 is 1.55 bits per heavy atom. The van der Waals surface area contributed by atoms with Crippen molar-refractivity contribution in [1.82, 2.24) is 10.9 Å². The summed E-state index contributed by atoms with van der Waals surface area (Å²) >= 11 is 0. The van der Waals surface area contributed by atoms with Crippen LogP contribution in [0.4, 0.5) is 5.69 Å². The minimum absolute atomic E-state index is 0.223. The number of benzene rings is 2. The molecular formula is C17H19N3O2. The largest absolute Gasteiger partial charge is 0.378 e. The molecule has 0 saturated carbocycles. The number of carbonyl (C=O) groups excluding carboxylic acids is 2. The van der Waals surface area contributed by atoms with Crippen molar-refractivity contribution in [3.8, 4) is 0 Å². The molecule has 0 radical (unpaired) electrons. The number of anilines is 1. The molecule has 0 bridgehead atoms. The van der Waals surface area contributed by atoms with Crippen molar-refractivity contribution in [2.45, 2.75) is 6.42 Å². The van der Waals surface area contributed by atoms with Gasteiger partial charge in [-0.25, -0.2) is 0 Å². The second-order valence-corrected chi connectivity index (χ2v) is 5.11. The van der Waals surface area contributed by atoms with Crippen molar-refractivity contribution in [1.29, 1.82) is 0 Å². The minimum Gasteiger partial charge on any atom is -0.378 e. The van der Waals surface area contributed by atoms with Crippen molar-refractivity contribution in [2.24, 2.45) is 0 Å². The summed E-state index contributed by atoms with van der Waals surface area (Å²) in [5.74, 6) is -0.601. The molecule has 22 heavy (non-hydrogen) atoms. The summed E-state index contributed by atoms with van der Waals surface area (Å²) in [6, 6.07) is 16.5. The lowest BCUT2D eigenvalue weighted by Crippen LogP contribution is -2.42. The van der Waals surface area contributed by atoms with Gasteiger partial charge in [0.2, 0.25) is 5.91 Å². The van der Waals surface area contributed by atoms with Gasteiger partial charge in [-0.3, -0.25) is 20.4 Å². The number of hydrazine groups is 1. The average Bonchev–Trinajstić information content (AvgIpc) is 2.53. The number of rotatable bonds is 4. The SMILES string of the molecule is CN(C)c1ccc(C(=O)NNC(=O)Cc2ccccc2)cc1. The lowest BCUT2D eigenvalue weighted by Gasteiger charge is -2.12. The first-order valence-electron chi connectivity index (χ1n) is 6.97. The monoisotopic (exact) mass is 297 g/mol. The van der Waals surface area contributed by atoms with Crippen LogP contribution in [0.25, 0.3) is 0 Å². The molecule has 2 amide bonds. The van der Waals surface area contributed by atoms with Crippen molar-refractivity contribution in [3.63, 3.8) is 0 Å². The van der Waals surface area contributed by atoms with Gasteiger partial charge in [-0.15, -0.1) is 0 Å². The van der Waals surface area contributed by atoms with Gasteiger partial charge in [0.15, 0.2) is 0 Å². The van der Waals surface area contributed by atoms with Crippen LogP contribution in [0.5, 0.6) is 0 Å². The molecule has 0 spiro atoms. The first kappa shape index (κ1) is 15.6. The second-order valence-electron chi connectivity index (χ2n) is 5.11. The summed E-state index contributed by atoms with van der Waals surface area (Å²) in [6.45, 7) is 0. The summed E-state index contributed by atoms with van der Waals surface area (Å²) in [6.07, 6.45) is 0.223. The fourth-order valence-electron chi connectivity index (χ4n) is 1.94. The van der Waals surface area contributed by atoms with Gasteiger partial charge in [0, 0.05) is 25.3 Å². The van der Waals surface area contributed by atoms with Gasteiger partial charge >= 0.3 is 0 Å². The van der Waals surface area contributed by atoms with E-state index in [4.69, 9.17) is 0 Å². The Hall–Kier alpha value is -2.82. The van der Waals surface area contributed by atoms with Crippen LogP contribution < -0.4 is 15.8 Å². The van der Waals surface area contributed by atoms with Crippen molar-refractivity contribution >= 4 is 17.5 Å². The van der Waals surface area contributed by atoms with E-state index in [1.165, 1.54) is 0 Å². The van der Waals surface area contributed by atoms with E-state index >= 15 is 0 Å². The summed E-state index contributed by atoms with van der Waals surface area (Å²) in [5, 5.41) is 0. The van der Waals surface area contributed by atoms with E-state index in [9.17, 15) is 9.59 Å². The van der Waals surface area contributed by atoms with Crippen LogP contribution in [0, 0.1) is 0 Å². The van der Waals surface area contributed by atoms with E-state index in [1.807, 2.05) is 61.5 Å². The molecule has 0 aromatic heterocycles. The van der Waals surface area contributed by atoms with Crippen molar-refractivity contribution in [3.05, 3.63) is 65.7 Å². The maximum Gasteiger partial charge on any atom is 0.269 e. The summed E-state index contributed by atoms with van der Waals surface area (Å²) < 4.78 is 0. The van der Waals surface area contributed by atoms with E-state index in [0.29, 0.717) is 5.56 Å². The first-order chi connectivity index (χ1) is 10.6. The van der Waals surface area contributed by atoms with Crippen LogP contribution in [0.2, 0.25) is 0 Å². The molecule has 5 nitrogen and oxygen atoms in total. The molecule has 2 aromatic rings. The quantitative estimate of drug-likeness (QED) is 0.845. The van der Waals surface area contributed by atoms with Gasteiger partial charge < -0.3 is 4.90 Å². The molecular weight excluding hydrogens is 278 g/mol. The van der Waals surface area contributed by atoms with E-state index in [0.717, 1.165) is 11.3 Å². The highest BCUT2D eigenvalue weighted by molar-refractivity contribution is 5.95. The van der Waals surface area contributed by atoms with Crippen molar-refractivity contribution in [2.75, 3.05) is 19.0 Å². The molecule has 5 heteroatoms. The molecule has 0 aliphatic heterocycles. The summed E-state index contributed by atoms with van der Waals surface area (Å²) in [7, 11) is 3.86. The maximum atomic E-state index is 11.9. The third kappa shape index (κ3) is 4.34. The minimum atomic E-state index is -0.341. The number of nitrogens with one attached hydrogen (secondary N) is 2. The summed E-state index contributed by atoms with van der Waals surface area (Å²) in [4.78, 5) is 25.7. The van der Waals surface area contributed by atoms with Crippen LogP contribution >= 0.6 is 0 Å². The lowest BCUT2D eigenvalue weighted by molar-refractivity contribution is -0.121. The zero-order chi connectivity index (χ0) is 15.9. The Morgan fingerprint density at radius 1 is 0.909 bits per heavy atom. The van der Waals surface area contributed by atoms with Gasteiger partial charge in [-0.1, -0.05) is 30.3 Å². The third-order valence-electron chi connectivity index (χ3n) is 3.17. The molecule has 0 aliphatic rings. The molecule has 0 fully saturated rings. The average molecular weight is 297 g/mol. The highest BCUT2D eigenvalue weighted by Gasteiger charge is 2.08. The smallest absolute Gasteiger partial charge is 0.269 e. The Balaban J connectivity index is 1.85. The molecule has 0 atom stereocenters. The topological polar surface area (TPSA) is 61.4 Å². The lowest BCUT2D eigenvalue weighted by atomic mass is 10.1. The zero-order valence-electron chi connectivity index (χ0n) is 12.7. The van der Waals surface area contributed by atoms with Crippen LogP contribution in [-0.2, 0) is 11.2 Å². The van der Waals surface area contributed by atoms with E-state index in [-0.39, 0.29) is 18.2 Å². The van der Waals surface area contributed by atoms with Crippen LogP contribution in [-0.4, -0.2) is 25.9 Å². The number of carbonyl (C=O) groups is 2. The normalized spacial score (nSPS) is 9.91. The van der Waals surface area contributed by atoms with Gasteiger partial charge in [0.05, 0.1) is 6.42 Å². The first-order valence-corrected chi connectivity index (χ1v) is 6.97. The molecule has 2 rings (SSSR count). The number of hydrogen-bond acceptors (Lipinski definition) is 3. The molecule has 0 unspecified atom stereocenters. The predicted molar refractivity (Wildman–Crippen MR) is 86.5 cm³/mol. The van der Waals surface area contributed by atoms with Gasteiger partial charge in [-0.2, -0.15) is 0 Å². The fourth-order valence-corrected chi connectivity index (χ4v) is 1.94. The van der Waals surface area contributed by atoms with Crippen LogP contribution in [0.15, 0.2) is 54.6 Å². The number of nitrogens with zero attached hydrogens (tertiary/aromatic N) is 1.